The van der Waals surface area contributed by atoms with Crippen LogP contribution in [0.3, 0.4) is 0 Å². The molecule has 1 heterocycles. The number of rotatable bonds is 7. The Morgan fingerprint density at radius 3 is 2.70 bits per heavy atom. The molecular weight excluding hydrogens is 450 g/mol. The minimum Gasteiger partial charge on any atom is -0.468 e. The highest BCUT2D eigenvalue weighted by atomic mass is 32.1. The SMILES string of the molecule is CCOC(=O)c1ccc2c(c1)sc(=NC(=O)/C=C/c1cccc([N+](=O)[O-])c1)n2CC(=O)OC. The summed E-state index contributed by atoms with van der Waals surface area (Å²) in [6.45, 7) is 1.75. The Morgan fingerprint density at radius 2 is 2.00 bits per heavy atom. The predicted octanol–water partition coefficient (Wildman–Crippen LogP) is 3.10. The molecule has 0 aliphatic heterocycles. The fourth-order valence-electron chi connectivity index (χ4n) is 2.89. The highest BCUT2D eigenvalue weighted by Crippen LogP contribution is 2.20. The summed E-state index contributed by atoms with van der Waals surface area (Å²) in [5, 5.41) is 10.9. The quantitative estimate of drug-likeness (QED) is 0.225. The molecule has 33 heavy (non-hydrogen) atoms. The van der Waals surface area contributed by atoms with Gasteiger partial charge in [-0.3, -0.25) is 19.7 Å². The van der Waals surface area contributed by atoms with Gasteiger partial charge >= 0.3 is 11.9 Å². The number of ether oxygens (including phenoxy) is 2. The molecule has 0 bridgehead atoms. The first-order chi connectivity index (χ1) is 15.8. The van der Waals surface area contributed by atoms with E-state index in [-0.39, 0.29) is 23.6 Å². The number of fused-ring (bicyclic) bond motifs is 1. The van der Waals surface area contributed by atoms with Gasteiger partial charge in [-0.2, -0.15) is 4.99 Å². The van der Waals surface area contributed by atoms with E-state index in [4.69, 9.17) is 9.47 Å². The van der Waals surface area contributed by atoms with Crippen LogP contribution >= 0.6 is 11.3 Å². The van der Waals surface area contributed by atoms with Gasteiger partial charge in [-0.05, 0) is 36.8 Å². The zero-order valence-electron chi connectivity index (χ0n) is 17.7. The first-order valence-electron chi connectivity index (χ1n) is 9.71. The van der Waals surface area contributed by atoms with Crippen LogP contribution in [0, 0.1) is 10.1 Å². The molecule has 2 aromatic carbocycles. The summed E-state index contributed by atoms with van der Waals surface area (Å²) in [4.78, 5) is 51.1. The van der Waals surface area contributed by atoms with Crippen molar-refractivity contribution < 1.29 is 28.8 Å². The summed E-state index contributed by atoms with van der Waals surface area (Å²) < 4.78 is 11.9. The van der Waals surface area contributed by atoms with Crippen molar-refractivity contribution in [3.63, 3.8) is 0 Å². The normalized spacial score (nSPS) is 11.6. The van der Waals surface area contributed by atoms with E-state index in [0.29, 0.717) is 21.3 Å². The molecule has 0 aliphatic rings. The number of benzene rings is 2. The van der Waals surface area contributed by atoms with Gasteiger partial charge in [0.25, 0.3) is 11.6 Å². The highest BCUT2D eigenvalue weighted by molar-refractivity contribution is 7.16. The zero-order valence-corrected chi connectivity index (χ0v) is 18.5. The maximum Gasteiger partial charge on any atom is 0.338 e. The van der Waals surface area contributed by atoms with Gasteiger partial charge in [-0.15, -0.1) is 0 Å². The Balaban J connectivity index is 2.00. The molecule has 11 heteroatoms. The molecule has 1 amide bonds. The summed E-state index contributed by atoms with van der Waals surface area (Å²) in [6.07, 6.45) is 2.59. The summed E-state index contributed by atoms with van der Waals surface area (Å²) >= 11 is 1.12. The number of methoxy groups -OCH3 is 1. The largest absolute Gasteiger partial charge is 0.468 e. The van der Waals surface area contributed by atoms with E-state index >= 15 is 0 Å². The van der Waals surface area contributed by atoms with Crippen LogP contribution in [0.1, 0.15) is 22.8 Å². The molecule has 0 radical (unpaired) electrons. The maximum atomic E-state index is 12.5. The lowest BCUT2D eigenvalue weighted by atomic mass is 10.2. The van der Waals surface area contributed by atoms with Crippen molar-refractivity contribution in [1.29, 1.82) is 0 Å². The fourth-order valence-corrected chi connectivity index (χ4v) is 3.96. The number of thiazole rings is 1. The first kappa shape index (κ1) is 23.5. The third-order valence-electron chi connectivity index (χ3n) is 4.41. The zero-order chi connectivity index (χ0) is 24.0. The van der Waals surface area contributed by atoms with Crippen molar-refractivity contribution in [3.05, 3.63) is 74.6 Å². The molecule has 3 aromatic rings. The number of nitro benzene ring substituents is 1. The van der Waals surface area contributed by atoms with E-state index in [1.807, 2.05) is 0 Å². The Bertz CT molecular complexity index is 1340. The van der Waals surface area contributed by atoms with E-state index in [9.17, 15) is 24.5 Å². The van der Waals surface area contributed by atoms with Gasteiger partial charge in [0.15, 0.2) is 4.80 Å². The Labute approximate surface area is 191 Å². The second-order valence-corrected chi connectivity index (χ2v) is 7.59. The summed E-state index contributed by atoms with van der Waals surface area (Å²) in [6, 6.07) is 10.6. The smallest absolute Gasteiger partial charge is 0.338 e. The number of non-ortho nitro benzene ring substituents is 1. The summed E-state index contributed by atoms with van der Waals surface area (Å²) in [5.41, 5.74) is 1.29. The van der Waals surface area contributed by atoms with Crippen LogP contribution in [0.5, 0.6) is 0 Å². The standard InChI is InChI=1S/C22H19N3O7S/c1-3-32-21(28)15-8-9-17-18(12-15)33-22(24(17)13-20(27)31-2)23-19(26)10-7-14-5-4-6-16(11-14)25(29)30/h4-12H,3,13H2,1-2H3/b10-7+,23-22?. The van der Waals surface area contributed by atoms with E-state index in [1.54, 1.807) is 31.2 Å². The van der Waals surface area contributed by atoms with Gasteiger partial charge < -0.3 is 14.0 Å². The second-order valence-electron chi connectivity index (χ2n) is 6.59. The summed E-state index contributed by atoms with van der Waals surface area (Å²) in [7, 11) is 1.25. The lowest BCUT2D eigenvalue weighted by Crippen LogP contribution is -2.22. The van der Waals surface area contributed by atoms with Crippen LogP contribution in [-0.4, -0.2) is 41.1 Å². The van der Waals surface area contributed by atoms with Crippen LogP contribution < -0.4 is 4.80 Å². The van der Waals surface area contributed by atoms with Crippen molar-refractivity contribution in [2.24, 2.45) is 4.99 Å². The van der Waals surface area contributed by atoms with Gasteiger partial charge in [0, 0.05) is 18.2 Å². The number of aromatic nitrogens is 1. The number of carbonyl (C=O) groups excluding carboxylic acids is 3. The van der Waals surface area contributed by atoms with Crippen LogP contribution in [0.25, 0.3) is 16.3 Å². The Morgan fingerprint density at radius 1 is 1.21 bits per heavy atom. The molecule has 0 spiro atoms. The van der Waals surface area contributed by atoms with Crippen molar-refractivity contribution in [2.45, 2.75) is 13.5 Å². The van der Waals surface area contributed by atoms with E-state index < -0.39 is 22.8 Å². The first-order valence-corrected chi connectivity index (χ1v) is 10.5. The van der Waals surface area contributed by atoms with E-state index in [1.165, 1.54) is 42.0 Å². The van der Waals surface area contributed by atoms with Crippen LogP contribution in [0.15, 0.2) is 53.5 Å². The summed E-state index contributed by atoms with van der Waals surface area (Å²) in [5.74, 6) is -1.65. The Hall–Kier alpha value is -4.12. The monoisotopic (exact) mass is 469 g/mol. The number of esters is 2. The van der Waals surface area contributed by atoms with Crippen molar-refractivity contribution in [3.8, 4) is 0 Å². The van der Waals surface area contributed by atoms with Crippen molar-refractivity contribution >= 4 is 51.2 Å². The number of carbonyl (C=O) groups is 3. The average Bonchev–Trinajstić information content (AvgIpc) is 3.13. The molecule has 0 saturated carbocycles. The van der Waals surface area contributed by atoms with E-state index in [2.05, 4.69) is 4.99 Å². The molecule has 0 unspecified atom stereocenters. The van der Waals surface area contributed by atoms with Gasteiger partial charge in [-0.1, -0.05) is 23.5 Å². The van der Waals surface area contributed by atoms with Gasteiger partial charge in [0.1, 0.15) is 6.54 Å². The van der Waals surface area contributed by atoms with Crippen LogP contribution in [0.2, 0.25) is 0 Å². The third-order valence-corrected chi connectivity index (χ3v) is 5.46. The average molecular weight is 469 g/mol. The topological polar surface area (TPSA) is 130 Å². The molecular formula is C22H19N3O7S. The number of nitro groups is 1. The van der Waals surface area contributed by atoms with Crippen LogP contribution in [-0.2, 0) is 25.6 Å². The van der Waals surface area contributed by atoms with Gasteiger partial charge in [-0.25, -0.2) is 4.79 Å². The molecule has 10 nitrogen and oxygen atoms in total. The molecule has 0 N–H and O–H groups in total. The molecule has 1 aromatic heterocycles. The fraction of sp³-hybridized carbons (Fsp3) is 0.182. The predicted molar refractivity (Wildman–Crippen MR) is 120 cm³/mol. The third kappa shape index (κ3) is 5.77. The molecule has 170 valence electrons. The molecule has 3 rings (SSSR count). The molecule has 0 aliphatic carbocycles. The minimum atomic E-state index is -0.628. The number of amides is 1. The van der Waals surface area contributed by atoms with E-state index in [0.717, 1.165) is 11.3 Å². The van der Waals surface area contributed by atoms with Gasteiger partial charge in [0.05, 0.1) is 34.4 Å². The minimum absolute atomic E-state index is 0.0978. The van der Waals surface area contributed by atoms with Crippen molar-refractivity contribution in [1.82, 2.24) is 4.57 Å². The number of hydrogen-bond donors (Lipinski definition) is 0. The molecule has 0 fully saturated rings. The molecule has 0 atom stereocenters. The highest BCUT2D eigenvalue weighted by Gasteiger charge is 2.14. The number of nitrogens with zero attached hydrogens (tertiary/aromatic N) is 3. The number of hydrogen-bond acceptors (Lipinski definition) is 8. The maximum absolute atomic E-state index is 12.5. The lowest BCUT2D eigenvalue weighted by Gasteiger charge is -2.04. The van der Waals surface area contributed by atoms with Crippen LogP contribution in [0.4, 0.5) is 5.69 Å². The van der Waals surface area contributed by atoms with Gasteiger partial charge in [0.2, 0.25) is 0 Å². The second kappa shape index (κ2) is 10.5. The van der Waals surface area contributed by atoms with Crippen molar-refractivity contribution in [2.75, 3.05) is 13.7 Å². The molecule has 0 saturated heterocycles. The Kier molecular flexibility index (Phi) is 7.46. The lowest BCUT2D eigenvalue weighted by molar-refractivity contribution is -0.384.